The molecule has 2 heterocycles. The predicted molar refractivity (Wildman–Crippen MR) is 88.1 cm³/mol. The van der Waals surface area contributed by atoms with Gasteiger partial charge in [0.05, 0.1) is 5.02 Å². The Morgan fingerprint density at radius 2 is 2.08 bits per heavy atom. The van der Waals surface area contributed by atoms with Crippen molar-refractivity contribution in [1.29, 1.82) is 0 Å². The summed E-state index contributed by atoms with van der Waals surface area (Å²) in [6.45, 7) is 1.03. The van der Waals surface area contributed by atoms with Crippen LogP contribution in [0.3, 0.4) is 0 Å². The van der Waals surface area contributed by atoms with Gasteiger partial charge in [-0.05, 0) is 17.7 Å². The number of fused-ring (bicyclic) bond motifs is 1. The Balaban J connectivity index is 1.93. The number of aromatic hydroxyl groups is 1. The molecule has 2 aromatic rings. The van der Waals surface area contributed by atoms with Gasteiger partial charge in [0, 0.05) is 32.9 Å². The van der Waals surface area contributed by atoms with Crippen molar-refractivity contribution in [2.45, 2.75) is 13.1 Å². The molecule has 2 N–H and O–H groups in total. The topological polar surface area (TPSA) is 74.6 Å². The molecule has 24 heavy (non-hydrogen) atoms. The van der Waals surface area contributed by atoms with Gasteiger partial charge in [0.1, 0.15) is 11.5 Å². The summed E-state index contributed by atoms with van der Waals surface area (Å²) in [5, 5.41) is 12.8. The van der Waals surface area contributed by atoms with Gasteiger partial charge in [0.2, 0.25) is 5.43 Å². The molecule has 0 saturated carbocycles. The Bertz CT molecular complexity index is 882. The SMILES string of the molecule is CNc1cn2c(c(O)c1=O)C(=O)N(Cc1ccc(F)c(Cl)c1)CC2. The van der Waals surface area contributed by atoms with Gasteiger partial charge in [-0.2, -0.15) is 0 Å². The first-order valence-electron chi connectivity index (χ1n) is 7.29. The second kappa shape index (κ2) is 6.16. The average molecular weight is 352 g/mol. The minimum Gasteiger partial charge on any atom is -0.502 e. The first-order chi connectivity index (χ1) is 11.4. The Morgan fingerprint density at radius 1 is 1.33 bits per heavy atom. The van der Waals surface area contributed by atoms with Crippen molar-refractivity contribution in [2.24, 2.45) is 0 Å². The van der Waals surface area contributed by atoms with Crippen LogP contribution in [0.5, 0.6) is 5.75 Å². The Labute approximate surface area is 142 Å². The molecule has 0 bridgehead atoms. The number of pyridine rings is 1. The molecule has 6 nitrogen and oxygen atoms in total. The number of nitrogens with zero attached hydrogens (tertiary/aromatic N) is 2. The Kier molecular flexibility index (Phi) is 4.19. The van der Waals surface area contributed by atoms with E-state index in [1.807, 2.05) is 0 Å². The van der Waals surface area contributed by atoms with Crippen molar-refractivity contribution in [2.75, 3.05) is 18.9 Å². The summed E-state index contributed by atoms with van der Waals surface area (Å²) in [7, 11) is 1.57. The standard InChI is InChI=1S/C16H15ClFN3O3/c1-19-12-8-20-4-5-21(16(24)13(20)15(23)14(12)22)7-9-2-3-11(18)10(17)6-9/h2-3,6,8,19,23H,4-5,7H2,1H3. The molecule has 1 aromatic heterocycles. The highest BCUT2D eigenvalue weighted by molar-refractivity contribution is 6.30. The summed E-state index contributed by atoms with van der Waals surface area (Å²) >= 11 is 5.76. The van der Waals surface area contributed by atoms with E-state index in [4.69, 9.17) is 11.6 Å². The summed E-state index contributed by atoms with van der Waals surface area (Å²) in [5.41, 5.74) is 0.224. The van der Waals surface area contributed by atoms with Gasteiger partial charge in [-0.25, -0.2) is 4.39 Å². The van der Waals surface area contributed by atoms with Gasteiger partial charge in [0.25, 0.3) is 5.91 Å². The summed E-state index contributed by atoms with van der Waals surface area (Å²) in [6, 6.07) is 4.23. The highest BCUT2D eigenvalue weighted by Gasteiger charge is 2.29. The van der Waals surface area contributed by atoms with Crippen molar-refractivity contribution in [1.82, 2.24) is 9.47 Å². The van der Waals surface area contributed by atoms with Crippen LogP contribution in [-0.4, -0.2) is 34.1 Å². The fourth-order valence-electron chi connectivity index (χ4n) is 2.72. The molecule has 8 heteroatoms. The highest BCUT2D eigenvalue weighted by atomic mass is 35.5. The lowest BCUT2D eigenvalue weighted by atomic mass is 10.1. The summed E-state index contributed by atoms with van der Waals surface area (Å²) in [5.74, 6) is -1.56. The van der Waals surface area contributed by atoms with Crippen LogP contribution in [0.25, 0.3) is 0 Å². The Hall–Kier alpha value is -2.54. The van der Waals surface area contributed by atoms with E-state index < -0.39 is 22.9 Å². The van der Waals surface area contributed by atoms with E-state index in [1.165, 1.54) is 23.2 Å². The first kappa shape index (κ1) is 16.3. The van der Waals surface area contributed by atoms with Crippen molar-refractivity contribution in [3.8, 4) is 5.75 Å². The molecule has 1 amide bonds. The molecule has 1 aliphatic heterocycles. The number of nitrogens with one attached hydrogen (secondary N) is 1. The Morgan fingerprint density at radius 3 is 2.75 bits per heavy atom. The molecule has 3 rings (SSSR count). The molecule has 0 unspecified atom stereocenters. The van der Waals surface area contributed by atoms with E-state index >= 15 is 0 Å². The first-order valence-corrected chi connectivity index (χ1v) is 7.67. The van der Waals surface area contributed by atoms with Gasteiger partial charge in [0.15, 0.2) is 11.4 Å². The molecular weight excluding hydrogens is 337 g/mol. The molecule has 1 aliphatic rings. The van der Waals surface area contributed by atoms with Gasteiger partial charge in [-0.3, -0.25) is 9.59 Å². The van der Waals surface area contributed by atoms with Gasteiger partial charge in [-0.15, -0.1) is 0 Å². The third-order valence-electron chi connectivity index (χ3n) is 3.98. The normalized spacial score (nSPS) is 13.8. The van der Waals surface area contributed by atoms with E-state index in [1.54, 1.807) is 17.7 Å². The van der Waals surface area contributed by atoms with Gasteiger partial charge >= 0.3 is 0 Å². The smallest absolute Gasteiger partial charge is 0.274 e. The van der Waals surface area contributed by atoms with Crippen LogP contribution in [0.2, 0.25) is 5.02 Å². The third kappa shape index (κ3) is 2.71. The highest BCUT2D eigenvalue weighted by Crippen LogP contribution is 2.24. The molecule has 0 saturated heterocycles. The molecular formula is C16H15ClFN3O3. The molecule has 1 aromatic carbocycles. The van der Waals surface area contributed by atoms with Crippen LogP contribution >= 0.6 is 11.6 Å². The predicted octanol–water partition coefficient (Wildman–Crippen LogP) is 2.04. The van der Waals surface area contributed by atoms with E-state index in [9.17, 15) is 19.1 Å². The van der Waals surface area contributed by atoms with E-state index in [0.717, 1.165) is 0 Å². The van der Waals surface area contributed by atoms with Crippen LogP contribution in [-0.2, 0) is 13.1 Å². The fourth-order valence-corrected chi connectivity index (χ4v) is 2.92. The number of benzene rings is 1. The summed E-state index contributed by atoms with van der Waals surface area (Å²) in [4.78, 5) is 26.1. The lowest BCUT2D eigenvalue weighted by Gasteiger charge is -2.30. The van der Waals surface area contributed by atoms with Crippen LogP contribution in [0.15, 0.2) is 29.2 Å². The van der Waals surface area contributed by atoms with Crippen molar-refractivity contribution in [3.05, 3.63) is 56.7 Å². The van der Waals surface area contributed by atoms with E-state index in [2.05, 4.69) is 5.32 Å². The van der Waals surface area contributed by atoms with Crippen LogP contribution in [0.1, 0.15) is 16.1 Å². The maximum absolute atomic E-state index is 13.2. The zero-order chi connectivity index (χ0) is 17.4. The second-order valence-corrected chi connectivity index (χ2v) is 5.89. The zero-order valence-electron chi connectivity index (χ0n) is 12.8. The molecule has 0 fully saturated rings. The van der Waals surface area contributed by atoms with Gasteiger partial charge < -0.3 is 19.9 Å². The molecule has 126 valence electrons. The largest absolute Gasteiger partial charge is 0.502 e. The monoisotopic (exact) mass is 351 g/mol. The van der Waals surface area contributed by atoms with Crippen molar-refractivity contribution in [3.63, 3.8) is 0 Å². The second-order valence-electron chi connectivity index (χ2n) is 5.49. The summed E-state index contributed by atoms with van der Waals surface area (Å²) < 4.78 is 14.8. The summed E-state index contributed by atoms with van der Waals surface area (Å²) in [6.07, 6.45) is 1.52. The maximum atomic E-state index is 13.2. The molecule has 0 radical (unpaired) electrons. The van der Waals surface area contributed by atoms with Crippen molar-refractivity contribution < 1.29 is 14.3 Å². The van der Waals surface area contributed by atoms with E-state index in [-0.39, 0.29) is 22.9 Å². The number of carbonyl (C=O) groups is 1. The number of amides is 1. The number of hydrogen-bond acceptors (Lipinski definition) is 4. The lowest BCUT2D eigenvalue weighted by Crippen LogP contribution is -2.41. The lowest BCUT2D eigenvalue weighted by molar-refractivity contribution is 0.0683. The maximum Gasteiger partial charge on any atom is 0.274 e. The van der Waals surface area contributed by atoms with Crippen LogP contribution in [0, 0.1) is 5.82 Å². The fraction of sp³-hybridized carbons (Fsp3) is 0.250. The van der Waals surface area contributed by atoms with E-state index in [0.29, 0.717) is 18.7 Å². The average Bonchev–Trinajstić information content (AvgIpc) is 2.56. The van der Waals surface area contributed by atoms with Crippen molar-refractivity contribution >= 4 is 23.2 Å². The molecule has 0 atom stereocenters. The molecule has 0 spiro atoms. The minimum atomic E-state index is -0.622. The zero-order valence-corrected chi connectivity index (χ0v) is 13.6. The number of anilines is 1. The quantitative estimate of drug-likeness (QED) is 0.887. The number of carbonyl (C=O) groups excluding carboxylic acids is 1. The molecule has 0 aliphatic carbocycles. The third-order valence-corrected chi connectivity index (χ3v) is 4.27. The van der Waals surface area contributed by atoms with Gasteiger partial charge in [-0.1, -0.05) is 17.7 Å². The number of halogens is 2. The number of aromatic nitrogens is 1. The van der Waals surface area contributed by atoms with Crippen LogP contribution < -0.4 is 10.7 Å². The minimum absolute atomic E-state index is 0.0184. The van der Waals surface area contributed by atoms with Crippen LogP contribution in [0.4, 0.5) is 10.1 Å². The number of hydrogen-bond donors (Lipinski definition) is 2. The number of rotatable bonds is 3.